The highest BCUT2D eigenvalue weighted by Crippen LogP contribution is 2.19. The van der Waals surface area contributed by atoms with Crippen LogP contribution < -0.4 is 0 Å². The van der Waals surface area contributed by atoms with E-state index < -0.39 is 38.4 Å². The molecule has 4 rings (SSSR count). The summed E-state index contributed by atoms with van der Waals surface area (Å²) in [4.78, 5) is 0. The number of hydrogen-bond donors (Lipinski definition) is 0. The van der Waals surface area contributed by atoms with Gasteiger partial charge in [0.1, 0.15) is 9.84 Å². The van der Waals surface area contributed by atoms with Gasteiger partial charge in [-0.25, -0.2) is 8.42 Å². The van der Waals surface area contributed by atoms with Gasteiger partial charge in [0.2, 0.25) is 0 Å². The highest BCUT2D eigenvalue weighted by atomic mass is 32.2. The van der Waals surface area contributed by atoms with Crippen molar-refractivity contribution in [1.82, 2.24) is 0 Å². The van der Waals surface area contributed by atoms with Gasteiger partial charge in [0.15, 0.2) is 0 Å². The average molecular weight is 603 g/mol. The van der Waals surface area contributed by atoms with Crippen molar-refractivity contribution in [2.24, 2.45) is 23.7 Å². The molecule has 4 fully saturated rings. The third kappa shape index (κ3) is 18.1. The molecule has 5 unspecified atom stereocenters. The first-order valence-corrected chi connectivity index (χ1v) is 21.6. The Labute approximate surface area is 232 Å². The maximum Gasteiger partial charge on any atom is 0.150 e. The Balaban J connectivity index is 0.000000464. The summed E-state index contributed by atoms with van der Waals surface area (Å²) in [5, 5.41) is 0. The zero-order valence-corrected chi connectivity index (χ0v) is 26.7. The van der Waals surface area contributed by atoms with Crippen molar-refractivity contribution in [3.8, 4) is 0 Å². The predicted molar refractivity (Wildman–Crippen MR) is 174 cm³/mol. The van der Waals surface area contributed by atoms with Crippen LogP contribution in [0.3, 0.4) is 0 Å². The summed E-state index contributed by atoms with van der Waals surface area (Å²) in [6.45, 7) is 8.64. The van der Waals surface area contributed by atoms with Crippen LogP contribution in [0.15, 0.2) is 0 Å². The summed E-state index contributed by atoms with van der Waals surface area (Å²) in [6.07, 6.45) is 8.51. The maximum atomic E-state index is 11.3. The van der Waals surface area contributed by atoms with E-state index in [1.807, 2.05) is 0 Å². The fraction of sp³-hybridized carbons (Fsp3) is 0.893. The zero-order chi connectivity index (χ0) is 27.6. The van der Waals surface area contributed by atoms with Gasteiger partial charge in [-0.15, -0.1) is 0 Å². The van der Waals surface area contributed by atoms with Crippen LogP contribution in [0.2, 0.25) is 0 Å². The van der Waals surface area contributed by atoms with Gasteiger partial charge >= 0.3 is 0 Å². The van der Waals surface area contributed by atoms with E-state index in [1.165, 1.54) is 6.42 Å². The summed E-state index contributed by atoms with van der Waals surface area (Å²) in [5.74, 6) is 19.7. The van der Waals surface area contributed by atoms with Gasteiger partial charge in [0, 0.05) is 34.5 Å². The molecule has 5 atom stereocenters. The van der Waals surface area contributed by atoms with Crippen LogP contribution in [0.4, 0.5) is 0 Å². The maximum absolute atomic E-state index is 11.3. The minimum atomic E-state index is -2.65. The summed E-state index contributed by atoms with van der Waals surface area (Å²) in [5.41, 5.74) is 0. The number of hydrogen-bond acceptors (Lipinski definition) is 5. The van der Waals surface area contributed by atoms with E-state index in [2.05, 4.69) is 45.3 Å². The van der Waals surface area contributed by atoms with E-state index in [-0.39, 0.29) is 7.43 Å². The first-order valence-electron chi connectivity index (χ1n) is 13.6. The van der Waals surface area contributed by atoms with Crippen LogP contribution in [0.5, 0.6) is 0 Å². The molecule has 0 spiro atoms. The third-order valence-electron chi connectivity index (χ3n) is 7.41. The second-order valence-corrected chi connectivity index (χ2v) is 22.5. The van der Waals surface area contributed by atoms with E-state index in [0.717, 1.165) is 85.4 Å². The lowest BCUT2D eigenvalue weighted by Gasteiger charge is -2.20. The normalized spacial score (nSPS) is 41.0. The van der Waals surface area contributed by atoms with E-state index in [4.69, 9.17) is 0 Å². The molecule has 37 heavy (non-hydrogen) atoms. The molecule has 0 aromatic carbocycles. The summed E-state index contributed by atoms with van der Waals surface area (Å²) >= 11 is 0. The van der Waals surface area contributed by atoms with Gasteiger partial charge in [0.25, 0.3) is 0 Å². The average Bonchev–Trinajstić information content (AvgIpc) is 2.96. The van der Waals surface area contributed by atoms with Crippen molar-refractivity contribution in [2.45, 2.75) is 86.5 Å². The molecule has 9 heteroatoms. The lowest BCUT2D eigenvalue weighted by atomic mass is 10.0. The molecule has 4 saturated heterocycles. The Bertz CT molecular complexity index is 1060. The quantitative estimate of drug-likeness (QED) is 0.370. The molecule has 4 aliphatic rings. The Kier molecular flexibility index (Phi) is 16.3. The smallest absolute Gasteiger partial charge is 0.150 e. The first-order chi connectivity index (χ1) is 16.4. The summed E-state index contributed by atoms with van der Waals surface area (Å²) < 4.78 is 55.7. The van der Waals surface area contributed by atoms with E-state index in [0.29, 0.717) is 29.3 Å². The molecule has 0 radical (unpaired) electrons. The van der Waals surface area contributed by atoms with Gasteiger partial charge in [-0.05, 0) is 121 Å². The predicted octanol–water partition coefficient (Wildman–Crippen LogP) is 4.87. The lowest BCUT2D eigenvalue weighted by molar-refractivity contribution is 0.522. The minimum absolute atomic E-state index is 0. The standard InChI is InChI=1S/C7H14O2S.2C7H14OS.C6H12OS.CH4/c1-7-3-2-5-10(8,9)6-4-7;1-7-3-5-9(2,8)6-4-7;1-7-4-3-5-9(2,8)6-7;1-6-3-4-8(2,7)5-6;/h7H,2-6H2,1H3;2*7H,2-6H2,1H3;6H,2-5H2,1H3;1H4. The molecule has 0 saturated carbocycles. The van der Waals surface area contributed by atoms with Gasteiger partial charge in [-0.2, -0.15) is 0 Å². The molecule has 0 aromatic rings. The van der Waals surface area contributed by atoms with Crippen LogP contribution in [-0.2, 0) is 38.4 Å². The molecule has 0 aliphatic carbocycles. The van der Waals surface area contributed by atoms with Gasteiger partial charge in [-0.3, -0.25) is 12.6 Å². The summed E-state index contributed by atoms with van der Waals surface area (Å²) in [7, 11) is -7.50. The molecule has 4 aliphatic heterocycles. The minimum Gasteiger partial charge on any atom is -0.268 e. The van der Waals surface area contributed by atoms with Gasteiger partial charge in [-0.1, -0.05) is 35.1 Å². The second kappa shape index (κ2) is 16.3. The Morgan fingerprint density at radius 3 is 1.19 bits per heavy atom. The first kappa shape index (κ1) is 37.0. The van der Waals surface area contributed by atoms with E-state index >= 15 is 0 Å². The molecule has 4 heterocycles. The fourth-order valence-electron chi connectivity index (χ4n) is 4.84. The third-order valence-corrected chi connectivity index (χ3v) is 15.5. The molecular formula is C28H58O5S4. The molecule has 0 N–H and O–H groups in total. The Morgan fingerprint density at radius 2 is 0.811 bits per heavy atom. The second-order valence-electron chi connectivity index (χ2n) is 12.1. The molecule has 0 amide bonds. The largest absolute Gasteiger partial charge is 0.268 e. The van der Waals surface area contributed by atoms with Gasteiger partial charge < -0.3 is 0 Å². The molecule has 5 nitrogen and oxygen atoms in total. The topological polar surface area (TPSA) is 85.3 Å². The molecule has 224 valence electrons. The van der Waals surface area contributed by atoms with Crippen molar-refractivity contribution in [3.05, 3.63) is 0 Å². The van der Waals surface area contributed by atoms with Gasteiger partial charge in [0.05, 0.1) is 11.5 Å². The monoisotopic (exact) mass is 602 g/mol. The molecule has 0 aromatic heterocycles. The van der Waals surface area contributed by atoms with Crippen molar-refractivity contribution in [1.29, 1.82) is 0 Å². The van der Waals surface area contributed by atoms with Crippen LogP contribution in [-0.4, -0.2) is 84.7 Å². The zero-order valence-electron chi connectivity index (χ0n) is 23.4. The Morgan fingerprint density at radius 1 is 0.459 bits per heavy atom. The van der Waals surface area contributed by atoms with Crippen LogP contribution in [0.25, 0.3) is 0 Å². The van der Waals surface area contributed by atoms with Crippen molar-refractivity contribution in [3.63, 3.8) is 0 Å². The summed E-state index contributed by atoms with van der Waals surface area (Å²) in [6, 6.07) is 0. The lowest BCUT2D eigenvalue weighted by Crippen LogP contribution is -2.22. The van der Waals surface area contributed by atoms with Crippen molar-refractivity contribution >= 4 is 56.0 Å². The molecular weight excluding hydrogens is 545 g/mol. The molecule has 0 bridgehead atoms. The fourth-order valence-corrected chi connectivity index (χ4v) is 12.5. The highest BCUT2D eigenvalue weighted by molar-refractivity contribution is 8.01. The number of sulfone groups is 1. The van der Waals surface area contributed by atoms with Crippen molar-refractivity contribution in [2.75, 3.05) is 46.0 Å². The van der Waals surface area contributed by atoms with Crippen molar-refractivity contribution < 1.29 is 21.0 Å². The van der Waals surface area contributed by atoms with E-state index in [1.54, 1.807) is 0 Å². The SMILES string of the molecule is C.C=S1(=O)CCC(C)C1.C=S1(=O)CCC(C)CC1.C=S1(=O)CCCC(C)C1.CC1CCCS(=O)(=O)CC1. The van der Waals surface area contributed by atoms with E-state index in [9.17, 15) is 21.0 Å². The van der Waals surface area contributed by atoms with Crippen LogP contribution in [0, 0.1) is 23.7 Å². The van der Waals surface area contributed by atoms with Crippen LogP contribution >= 0.6 is 0 Å². The number of rotatable bonds is 0. The van der Waals surface area contributed by atoms with Crippen LogP contribution in [0.1, 0.15) is 86.5 Å². The highest BCUT2D eigenvalue weighted by Gasteiger charge is 2.19. The Hall–Kier alpha value is 0.01000.